The highest BCUT2D eigenvalue weighted by Gasteiger charge is 2.51. The molecule has 5 atom stereocenters. The van der Waals surface area contributed by atoms with Gasteiger partial charge in [-0.3, -0.25) is 4.90 Å². The van der Waals surface area contributed by atoms with E-state index in [9.17, 15) is 9.90 Å². The Kier molecular flexibility index (Phi) is 8.94. The van der Waals surface area contributed by atoms with Gasteiger partial charge in [-0.25, -0.2) is 4.79 Å². The number of ether oxygens (including phenoxy) is 1. The van der Waals surface area contributed by atoms with E-state index in [-0.39, 0.29) is 30.0 Å². The topological polar surface area (TPSA) is 68.3 Å². The molecule has 2 heterocycles. The van der Waals surface area contributed by atoms with E-state index in [4.69, 9.17) is 4.74 Å². The maximum absolute atomic E-state index is 13.5. The molecule has 7 heteroatoms. The number of amides is 2. The Morgan fingerprint density at radius 2 is 1.61 bits per heavy atom. The molecule has 0 unspecified atom stereocenters. The number of urea groups is 1. The summed E-state index contributed by atoms with van der Waals surface area (Å²) in [4.78, 5) is 20.0. The first-order chi connectivity index (χ1) is 19.8. The predicted molar refractivity (Wildman–Crippen MR) is 163 cm³/mol. The van der Waals surface area contributed by atoms with Gasteiger partial charge in [-0.1, -0.05) is 49.1 Å². The van der Waals surface area contributed by atoms with Gasteiger partial charge in [-0.05, 0) is 74.1 Å². The Morgan fingerprint density at radius 3 is 2.24 bits per heavy atom. The fraction of sp³-hybridized carbons (Fsp3) is 0.382. The van der Waals surface area contributed by atoms with Crippen LogP contribution in [0.25, 0.3) is 0 Å². The van der Waals surface area contributed by atoms with Crippen molar-refractivity contribution in [3.05, 3.63) is 95.6 Å². The highest BCUT2D eigenvalue weighted by Crippen LogP contribution is 2.43. The van der Waals surface area contributed by atoms with Crippen molar-refractivity contribution in [3.63, 3.8) is 0 Å². The van der Waals surface area contributed by atoms with Crippen molar-refractivity contribution in [2.45, 2.75) is 31.0 Å². The molecule has 2 aliphatic heterocycles. The van der Waals surface area contributed by atoms with E-state index in [0.29, 0.717) is 18.8 Å². The lowest BCUT2D eigenvalue weighted by atomic mass is 9.73. The molecule has 0 saturated carbocycles. The van der Waals surface area contributed by atoms with Crippen molar-refractivity contribution in [3.8, 4) is 17.6 Å². The van der Waals surface area contributed by atoms with Crippen LogP contribution in [0.5, 0.6) is 5.75 Å². The third kappa shape index (κ3) is 6.74. The number of β-amino-alcohol motifs (C(OH)–C–C–N with tert-alkyl or cyclic N) is 1. The van der Waals surface area contributed by atoms with Crippen molar-refractivity contribution >= 4 is 11.7 Å². The van der Waals surface area contributed by atoms with Crippen LogP contribution in [0.15, 0.2) is 78.9 Å². The average molecular weight is 553 g/mol. The van der Waals surface area contributed by atoms with Crippen LogP contribution in [0.3, 0.4) is 0 Å². The van der Waals surface area contributed by atoms with E-state index in [2.05, 4.69) is 72.2 Å². The minimum Gasteiger partial charge on any atom is -0.497 e. The quantitative estimate of drug-likeness (QED) is 0.461. The molecule has 0 spiro atoms. The number of carbonyl (C=O) groups is 1. The maximum atomic E-state index is 13.5. The van der Waals surface area contributed by atoms with Crippen molar-refractivity contribution in [1.29, 1.82) is 0 Å². The second kappa shape index (κ2) is 12.8. The molecule has 2 N–H and O–H groups in total. The number of fused-ring (bicyclic) bond motifs is 1. The molecule has 0 aliphatic carbocycles. The van der Waals surface area contributed by atoms with Gasteiger partial charge in [0.15, 0.2) is 0 Å². The summed E-state index contributed by atoms with van der Waals surface area (Å²) >= 11 is 0. The van der Waals surface area contributed by atoms with Gasteiger partial charge in [0.1, 0.15) is 5.75 Å². The highest BCUT2D eigenvalue weighted by atomic mass is 16.5. The number of carbonyl (C=O) groups excluding carboxylic acids is 1. The van der Waals surface area contributed by atoms with Crippen LogP contribution < -0.4 is 10.1 Å². The number of nitrogens with one attached hydrogen (secondary N) is 1. The first-order valence-corrected chi connectivity index (χ1v) is 14.3. The molecule has 0 aromatic heterocycles. The van der Waals surface area contributed by atoms with E-state index >= 15 is 0 Å². The van der Waals surface area contributed by atoms with Crippen LogP contribution in [0, 0.1) is 17.8 Å². The van der Waals surface area contributed by atoms with Gasteiger partial charge in [0.25, 0.3) is 0 Å². The number of aliphatic hydroxyl groups is 1. The molecule has 41 heavy (non-hydrogen) atoms. The van der Waals surface area contributed by atoms with Crippen molar-refractivity contribution in [2.24, 2.45) is 5.92 Å². The van der Waals surface area contributed by atoms with Crippen LogP contribution >= 0.6 is 0 Å². The molecular weight excluding hydrogens is 512 g/mol. The minimum atomic E-state index is -0.598. The zero-order chi connectivity index (χ0) is 28.9. The number of nitrogens with zero attached hydrogens (tertiary/aromatic N) is 3. The van der Waals surface area contributed by atoms with Crippen molar-refractivity contribution in [1.82, 2.24) is 14.7 Å². The smallest absolute Gasteiger partial charge is 0.321 e. The molecule has 2 aliphatic rings. The first-order valence-electron chi connectivity index (χ1n) is 14.3. The number of benzene rings is 3. The lowest BCUT2D eigenvalue weighted by Crippen LogP contribution is -2.70. The van der Waals surface area contributed by atoms with E-state index in [1.54, 1.807) is 12.0 Å². The average Bonchev–Trinajstić information content (AvgIpc) is 2.98. The zero-order valence-corrected chi connectivity index (χ0v) is 24.3. The largest absolute Gasteiger partial charge is 0.497 e. The Bertz CT molecular complexity index is 1370. The van der Waals surface area contributed by atoms with E-state index in [1.165, 1.54) is 5.56 Å². The SMILES string of the molecule is COc1ccc(NC(=O)N2C[C@@H](O)[C@@H](C)CN3[C@H](CN(C)C)[C@H](c4ccc(C#Cc5ccccc5)cc4)[C@@H]3C2)cc1. The number of anilines is 1. The van der Waals surface area contributed by atoms with Gasteiger partial charge in [-0.2, -0.15) is 0 Å². The summed E-state index contributed by atoms with van der Waals surface area (Å²) < 4.78 is 5.24. The zero-order valence-electron chi connectivity index (χ0n) is 24.3. The van der Waals surface area contributed by atoms with Crippen LogP contribution in [0.4, 0.5) is 10.5 Å². The molecular formula is C34H40N4O3. The summed E-state index contributed by atoms with van der Waals surface area (Å²) in [5.41, 5.74) is 3.93. The summed E-state index contributed by atoms with van der Waals surface area (Å²) in [7, 11) is 5.82. The van der Waals surface area contributed by atoms with Crippen LogP contribution in [-0.4, -0.2) is 91.4 Å². The first kappa shape index (κ1) is 28.7. The monoisotopic (exact) mass is 552 g/mol. The molecule has 3 aromatic carbocycles. The molecule has 5 rings (SSSR count). The van der Waals surface area contributed by atoms with Gasteiger partial charge in [0.05, 0.1) is 13.2 Å². The summed E-state index contributed by atoms with van der Waals surface area (Å²) in [6, 6.07) is 26.1. The van der Waals surface area contributed by atoms with Gasteiger partial charge in [0, 0.05) is 61.0 Å². The van der Waals surface area contributed by atoms with Crippen molar-refractivity contribution in [2.75, 3.05) is 52.7 Å². The Balaban J connectivity index is 1.38. The number of hydrogen-bond acceptors (Lipinski definition) is 5. The van der Waals surface area contributed by atoms with E-state index < -0.39 is 6.10 Å². The summed E-state index contributed by atoms with van der Waals surface area (Å²) in [5.74, 6) is 7.54. The minimum absolute atomic E-state index is 0.0373. The number of rotatable bonds is 5. The molecule has 7 nitrogen and oxygen atoms in total. The van der Waals surface area contributed by atoms with Gasteiger partial charge < -0.3 is 25.0 Å². The number of likely N-dealkylation sites (N-methyl/N-ethyl adjacent to an activating group) is 1. The van der Waals surface area contributed by atoms with Crippen LogP contribution in [0.2, 0.25) is 0 Å². The Labute approximate surface area is 243 Å². The molecule has 3 aromatic rings. The summed E-state index contributed by atoms with van der Waals surface area (Å²) in [5, 5.41) is 14.0. The van der Waals surface area contributed by atoms with E-state index in [1.807, 2.05) is 54.6 Å². The second-order valence-corrected chi connectivity index (χ2v) is 11.5. The highest BCUT2D eigenvalue weighted by molar-refractivity contribution is 5.89. The van der Waals surface area contributed by atoms with Gasteiger partial charge in [0.2, 0.25) is 0 Å². The maximum Gasteiger partial charge on any atom is 0.321 e. The molecule has 0 radical (unpaired) electrons. The molecule has 0 bridgehead atoms. The van der Waals surface area contributed by atoms with Gasteiger partial charge >= 0.3 is 6.03 Å². The lowest BCUT2D eigenvalue weighted by molar-refractivity contribution is -0.0779. The fourth-order valence-electron chi connectivity index (χ4n) is 6.00. The normalized spacial score (nSPS) is 24.2. The summed E-state index contributed by atoms with van der Waals surface area (Å²) in [6.07, 6.45) is -0.598. The number of hydrogen-bond donors (Lipinski definition) is 2. The number of methoxy groups -OCH3 is 1. The molecule has 2 saturated heterocycles. The molecule has 2 fully saturated rings. The number of aliphatic hydroxyl groups excluding tert-OH is 1. The Hall–Kier alpha value is -3.83. The van der Waals surface area contributed by atoms with Crippen molar-refractivity contribution < 1.29 is 14.6 Å². The van der Waals surface area contributed by atoms with E-state index in [0.717, 1.165) is 30.0 Å². The lowest BCUT2D eigenvalue weighted by Gasteiger charge is -2.59. The molecule has 2 amide bonds. The van der Waals surface area contributed by atoms with Crippen LogP contribution in [-0.2, 0) is 0 Å². The fourth-order valence-corrected chi connectivity index (χ4v) is 6.00. The predicted octanol–water partition coefficient (Wildman–Crippen LogP) is 4.34. The van der Waals surface area contributed by atoms with Gasteiger partial charge in [-0.15, -0.1) is 0 Å². The third-order valence-corrected chi connectivity index (χ3v) is 8.25. The molecule has 214 valence electrons. The summed E-state index contributed by atoms with van der Waals surface area (Å²) in [6.45, 7) is 4.61. The van der Waals surface area contributed by atoms with Crippen LogP contribution in [0.1, 0.15) is 29.5 Å². The Morgan fingerprint density at radius 1 is 0.951 bits per heavy atom. The third-order valence-electron chi connectivity index (χ3n) is 8.25. The second-order valence-electron chi connectivity index (χ2n) is 11.5. The standard InChI is InChI=1S/C34H40N4O3/c1-24-20-38-30(21-36(2)3)33(27-14-12-26(13-15-27)11-10-25-8-6-5-7-9-25)31(38)22-37(23-32(24)39)34(40)35-28-16-18-29(41-4)19-17-28/h5-9,12-19,24,30-33,39H,20-23H2,1-4H3,(H,35,40)/t24-,30+,31-,32+,33-/m0/s1.